The Morgan fingerprint density at radius 3 is 2.49 bits per heavy atom. The van der Waals surface area contributed by atoms with Crippen molar-refractivity contribution in [2.45, 2.75) is 64.7 Å². The molecule has 1 aliphatic rings. The van der Waals surface area contributed by atoms with Crippen LogP contribution in [0.15, 0.2) is 48.5 Å². The van der Waals surface area contributed by atoms with Gasteiger partial charge in [-0.25, -0.2) is 9.07 Å². The van der Waals surface area contributed by atoms with Gasteiger partial charge in [0.1, 0.15) is 18.2 Å². The van der Waals surface area contributed by atoms with E-state index in [0.29, 0.717) is 5.82 Å². The number of carbonyl (C=O) groups is 2. The molecule has 0 saturated carbocycles. The molecule has 0 bridgehead atoms. The SMILES string of the molecule is CC[C@H](C)NC(=O)CN1C(=O)CS[C@@H](c2ccc(F)cc2)c2c(C(C)(C)C)nn(-c3ccccc3C)c21. The Labute approximate surface area is 222 Å². The summed E-state index contributed by atoms with van der Waals surface area (Å²) < 4.78 is 15.7. The monoisotopic (exact) mass is 522 g/mol. The van der Waals surface area contributed by atoms with Gasteiger partial charge in [0.25, 0.3) is 0 Å². The maximum atomic E-state index is 13.8. The van der Waals surface area contributed by atoms with E-state index in [2.05, 4.69) is 26.1 Å². The summed E-state index contributed by atoms with van der Waals surface area (Å²) in [6.45, 7) is 12.1. The molecule has 0 saturated heterocycles. The molecule has 196 valence electrons. The maximum Gasteiger partial charge on any atom is 0.240 e. The van der Waals surface area contributed by atoms with E-state index in [-0.39, 0.29) is 46.6 Å². The van der Waals surface area contributed by atoms with Gasteiger partial charge in [-0.2, -0.15) is 5.10 Å². The van der Waals surface area contributed by atoms with Crippen LogP contribution in [0, 0.1) is 12.7 Å². The molecule has 1 aromatic heterocycles. The first-order chi connectivity index (χ1) is 17.5. The van der Waals surface area contributed by atoms with Gasteiger partial charge < -0.3 is 5.32 Å². The van der Waals surface area contributed by atoms with Crippen molar-refractivity contribution < 1.29 is 14.0 Å². The Kier molecular flexibility index (Phi) is 7.78. The fraction of sp³-hybridized carbons (Fsp3) is 0.414. The first kappa shape index (κ1) is 26.9. The molecule has 0 unspecified atom stereocenters. The number of fused-ring (bicyclic) bond motifs is 1. The van der Waals surface area contributed by atoms with Crippen molar-refractivity contribution in [2.75, 3.05) is 17.2 Å². The zero-order chi connectivity index (χ0) is 26.9. The Hall–Kier alpha value is -3.13. The van der Waals surface area contributed by atoms with Crippen LogP contribution in [0.1, 0.15) is 68.7 Å². The third kappa shape index (κ3) is 5.59. The van der Waals surface area contributed by atoms with Crippen molar-refractivity contribution >= 4 is 29.4 Å². The Bertz CT molecular complexity index is 1300. The zero-order valence-corrected chi connectivity index (χ0v) is 23.2. The van der Waals surface area contributed by atoms with E-state index < -0.39 is 0 Å². The summed E-state index contributed by atoms with van der Waals surface area (Å²) in [7, 11) is 0. The number of amides is 2. The first-order valence-corrected chi connectivity index (χ1v) is 13.7. The minimum absolute atomic E-state index is 0.00167. The molecule has 1 N–H and O–H groups in total. The number of hydrogen-bond acceptors (Lipinski definition) is 4. The van der Waals surface area contributed by atoms with Crippen LogP contribution in [0.4, 0.5) is 10.2 Å². The maximum absolute atomic E-state index is 13.8. The van der Waals surface area contributed by atoms with Crippen LogP contribution in [0.5, 0.6) is 0 Å². The Morgan fingerprint density at radius 2 is 1.86 bits per heavy atom. The van der Waals surface area contributed by atoms with Gasteiger partial charge in [0, 0.05) is 17.0 Å². The number of hydrogen-bond donors (Lipinski definition) is 1. The van der Waals surface area contributed by atoms with Gasteiger partial charge in [-0.05, 0) is 49.6 Å². The highest BCUT2D eigenvalue weighted by molar-refractivity contribution is 8.00. The van der Waals surface area contributed by atoms with E-state index in [9.17, 15) is 14.0 Å². The second-order valence-electron chi connectivity index (χ2n) is 10.6. The molecule has 2 amide bonds. The van der Waals surface area contributed by atoms with Gasteiger partial charge in [-0.3, -0.25) is 14.5 Å². The fourth-order valence-corrected chi connectivity index (χ4v) is 5.71. The van der Waals surface area contributed by atoms with E-state index in [1.54, 1.807) is 17.0 Å². The molecule has 3 aromatic rings. The van der Waals surface area contributed by atoms with Crippen LogP contribution in [0.2, 0.25) is 0 Å². The molecule has 8 heteroatoms. The molecule has 0 radical (unpaired) electrons. The molecular weight excluding hydrogens is 487 g/mol. The number of aromatic nitrogens is 2. The molecule has 0 fully saturated rings. The molecule has 1 aliphatic heterocycles. The number of thioether (sulfide) groups is 1. The molecule has 37 heavy (non-hydrogen) atoms. The summed E-state index contributed by atoms with van der Waals surface area (Å²) >= 11 is 1.49. The van der Waals surface area contributed by atoms with Gasteiger partial charge in [-0.1, -0.05) is 58.0 Å². The highest BCUT2D eigenvalue weighted by atomic mass is 32.2. The normalized spacial score (nSPS) is 16.8. The summed E-state index contributed by atoms with van der Waals surface area (Å²) in [5.41, 5.74) is 4.11. The van der Waals surface area contributed by atoms with Crippen molar-refractivity contribution in [2.24, 2.45) is 0 Å². The lowest BCUT2D eigenvalue weighted by Crippen LogP contribution is -2.44. The lowest BCUT2D eigenvalue weighted by atomic mass is 9.87. The minimum Gasteiger partial charge on any atom is -0.352 e. The van der Waals surface area contributed by atoms with Crippen LogP contribution in [0.3, 0.4) is 0 Å². The van der Waals surface area contributed by atoms with E-state index in [1.807, 2.05) is 49.7 Å². The van der Waals surface area contributed by atoms with Gasteiger partial charge in [0.15, 0.2) is 0 Å². The third-order valence-corrected chi connectivity index (χ3v) is 7.89. The van der Waals surface area contributed by atoms with Crippen LogP contribution >= 0.6 is 11.8 Å². The summed E-state index contributed by atoms with van der Waals surface area (Å²) in [5.74, 6) is 0.0978. The van der Waals surface area contributed by atoms with Crippen molar-refractivity contribution in [1.29, 1.82) is 0 Å². The highest BCUT2D eigenvalue weighted by Crippen LogP contribution is 2.48. The van der Waals surface area contributed by atoms with E-state index in [1.165, 1.54) is 23.9 Å². The highest BCUT2D eigenvalue weighted by Gasteiger charge is 2.40. The average molecular weight is 523 g/mol. The van der Waals surface area contributed by atoms with Crippen molar-refractivity contribution in [1.82, 2.24) is 15.1 Å². The number of aryl methyl sites for hydroxylation is 1. The number of nitrogens with zero attached hydrogens (tertiary/aromatic N) is 3. The molecule has 2 atom stereocenters. The van der Waals surface area contributed by atoms with Gasteiger partial charge >= 0.3 is 0 Å². The predicted molar refractivity (Wildman–Crippen MR) is 148 cm³/mol. The summed E-state index contributed by atoms with van der Waals surface area (Å²) in [6.07, 6.45) is 0.794. The van der Waals surface area contributed by atoms with Crippen LogP contribution < -0.4 is 10.2 Å². The average Bonchev–Trinajstić information content (AvgIpc) is 3.18. The zero-order valence-electron chi connectivity index (χ0n) is 22.3. The largest absolute Gasteiger partial charge is 0.352 e. The molecule has 0 aliphatic carbocycles. The molecule has 2 heterocycles. The van der Waals surface area contributed by atoms with E-state index >= 15 is 0 Å². The second kappa shape index (κ2) is 10.7. The molecule has 6 nitrogen and oxygen atoms in total. The Morgan fingerprint density at radius 1 is 1.19 bits per heavy atom. The number of anilines is 1. The fourth-order valence-electron chi connectivity index (χ4n) is 4.51. The van der Waals surface area contributed by atoms with Crippen molar-refractivity contribution in [3.05, 3.63) is 76.7 Å². The number of benzene rings is 2. The first-order valence-electron chi connectivity index (χ1n) is 12.7. The topological polar surface area (TPSA) is 67.2 Å². The molecule has 2 aromatic carbocycles. The number of rotatable bonds is 6. The van der Waals surface area contributed by atoms with Crippen molar-refractivity contribution in [3.8, 4) is 5.69 Å². The number of nitrogens with one attached hydrogen (secondary N) is 1. The van der Waals surface area contributed by atoms with E-state index in [0.717, 1.165) is 34.5 Å². The predicted octanol–water partition coefficient (Wildman–Crippen LogP) is 5.70. The number of halogens is 1. The van der Waals surface area contributed by atoms with E-state index in [4.69, 9.17) is 5.10 Å². The van der Waals surface area contributed by atoms with Crippen LogP contribution in [0.25, 0.3) is 5.69 Å². The quantitative estimate of drug-likeness (QED) is 0.451. The minimum atomic E-state index is -0.352. The second-order valence-corrected chi connectivity index (χ2v) is 11.7. The lowest BCUT2D eigenvalue weighted by molar-refractivity contribution is -0.123. The number of carbonyl (C=O) groups excluding carboxylic acids is 2. The summed E-state index contributed by atoms with van der Waals surface area (Å²) in [4.78, 5) is 28.3. The van der Waals surface area contributed by atoms with Crippen molar-refractivity contribution in [3.63, 3.8) is 0 Å². The third-order valence-electron chi connectivity index (χ3n) is 6.64. The van der Waals surface area contributed by atoms with Gasteiger partial charge in [0.2, 0.25) is 11.8 Å². The van der Waals surface area contributed by atoms with Gasteiger partial charge in [-0.15, -0.1) is 11.8 Å². The summed E-state index contributed by atoms with van der Waals surface area (Å²) in [6, 6.07) is 14.3. The van der Waals surface area contributed by atoms with Crippen LogP contribution in [-0.2, 0) is 15.0 Å². The standard InChI is InChI=1S/C29H35FN4O2S/c1-7-19(3)31-23(35)16-33-24(36)17-37-26(20-12-14-21(30)15-13-20)25-27(29(4,5)6)32-34(28(25)33)22-11-9-8-10-18(22)2/h8-15,19,26H,7,16-17H2,1-6H3,(H,31,35)/t19-,26-/m0/s1. The lowest BCUT2D eigenvalue weighted by Gasteiger charge is -2.25. The molecule has 4 rings (SSSR count). The Balaban J connectivity index is 1.99. The number of para-hydroxylation sites is 1. The smallest absolute Gasteiger partial charge is 0.240 e. The molecule has 0 spiro atoms. The molecular formula is C29H35FN4O2S. The van der Waals surface area contributed by atoms with Gasteiger partial charge in [0.05, 0.1) is 22.4 Å². The van der Waals surface area contributed by atoms with Crippen LogP contribution in [-0.4, -0.2) is 39.9 Å². The summed E-state index contributed by atoms with van der Waals surface area (Å²) in [5, 5.41) is 7.84.